The highest BCUT2D eigenvalue weighted by Gasteiger charge is 2.41. The minimum atomic E-state index is -0.778. The summed E-state index contributed by atoms with van der Waals surface area (Å²) < 4.78 is 11.6. The maximum Gasteiger partial charge on any atom is 0.200 e. The Labute approximate surface area is 201 Å². The van der Waals surface area contributed by atoms with Crippen LogP contribution in [0.3, 0.4) is 0 Å². The molecule has 0 unspecified atom stereocenters. The minimum Gasteiger partial charge on any atom is -0.507 e. The first kappa shape index (κ1) is 23.3. The highest BCUT2D eigenvalue weighted by atomic mass is 16.7. The maximum absolute atomic E-state index is 13.6. The number of nitrogen functional groups attached to an aromatic ring is 1. The molecule has 9 nitrogen and oxygen atoms in total. The van der Waals surface area contributed by atoms with Crippen LogP contribution in [0.1, 0.15) is 92.9 Å². The van der Waals surface area contributed by atoms with Gasteiger partial charge in [-0.1, -0.05) is 0 Å². The molecule has 3 atom stereocenters. The average Bonchev–Trinajstić information content (AvgIpc) is 2.82. The zero-order chi connectivity index (χ0) is 25.2. The van der Waals surface area contributed by atoms with E-state index in [0.29, 0.717) is 36.8 Å². The summed E-state index contributed by atoms with van der Waals surface area (Å²) in [6.45, 7) is 2.93. The van der Waals surface area contributed by atoms with E-state index in [2.05, 4.69) is 0 Å². The molecule has 35 heavy (non-hydrogen) atoms. The van der Waals surface area contributed by atoms with E-state index in [1.807, 2.05) is 0 Å². The number of benzene rings is 2. The van der Waals surface area contributed by atoms with Gasteiger partial charge in [-0.2, -0.15) is 0 Å². The normalized spacial score (nSPS) is 23.3. The fraction of sp³-hybridized carbons (Fsp3) is 0.423. The molecule has 1 saturated heterocycles. The molecule has 3 aliphatic rings. The van der Waals surface area contributed by atoms with Crippen molar-refractivity contribution in [2.75, 3.05) is 5.73 Å². The van der Waals surface area contributed by atoms with E-state index in [4.69, 9.17) is 15.2 Å². The molecule has 0 spiro atoms. The van der Waals surface area contributed by atoms with E-state index in [1.54, 1.807) is 6.92 Å². The van der Waals surface area contributed by atoms with Gasteiger partial charge in [-0.3, -0.25) is 14.4 Å². The number of ether oxygens (including phenoxy) is 2. The van der Waals surface area contributed by atoms with Crippen molar-refractivity contribution in [1.82, 2.24) is 0 Å². The van der Waals surface area contributed by atoms with Gasteiger partial charge in [-0.15, -0.1) is 0 Å². The number of rotatable bonds is 3. The van der Waals surface area contributed by atoms with Crippen LogP contribution in [0.2, 0.25) is 0 Å². The van der Waals surface area contributed by atoms with Gasteiger partial charge < -0.3 is 30.5 Å². The predicted octanol–water partition coefficient (Wildman–Crippen LogP) is 2.80. The molecule has 0 bridgehead atoms. The minimum absolute atomic E-state index is 0.00573. The monoisotopic (exact) mass is 481 g/mol. The lowest BCUT2D eigenvalue weighted by Gasteiger charge is -2.32. The Bertz CT molecular complexity index is 1300. The number of aliphatic hydroxyl groups excluding tert-OH is 1. The van der Waals surface area contributed by atoms with E-state index in [1.165, 1.54) is 13.0 Å². The van der Waals surface area contributed by atoms with Gasteiger partial charge in [0.15, 0.2) is 23.6 Å². The number of carbonyl (C=O) groups excluding carboxylic acids is 3. The van der Waals surface area contributed by atoms with Crippen molar-refractivity contribution >= 4 is 23.0 Å². The molecular weight excluding hydrogens is 454 g/mol. The van der Waals surface area contributed by atoms with E-state index < -0.39 is 35.8 Å². The molecule has 0 saturated carbocycles. The van der Waals surface area contributed by atoms with E-state index in [0.717, 1.165) is 12.8 Å². The highest BCUT2D eigenvalue weighted by molar-refractivity contribution is 6.33. The summed E-state index contributed by atoms with van der Waals surface area (Å²) in [6, 6.07) is 1.29. The standard InChI is InChI=1S/C26H27NO8/c1-10(28)18-19-14(9-16(22(18)27)35-17-8-7-15(29)11(2)34-17)25(32)20-21(26(19)33)24(31)13-6-4-3-5-12(13)23(20)30/h9,11,15,17,29-31H,3-8,27H2,1-2H3/t11-,15+,17+/m0/s1. The van der Waals surface area contributed by atoms with Crippen LogP contribution in [-0.4, -0.2) is 51.2 Å². The molecule has 1 aliphatic heterocycles. The van der Waals surface area contributed by atoms with Gasteiger partial charge in [-0.25, -0.2) is 0 Å². The van der Waals surface area contributed by atoms with E-state index in [-0.39, 0.29) is 50.8 Å². The Morgan fingerprint density at radius 3 is 2.20 bits per heavy atom. The number of phenolic OH excluding ortho intramolecular Hbond substituents is 2. The topological polar surface area (TPSA) is 156 Å². The first-order valence-corrected chi connectivity index (χ1v) is 11.8. The quantitative estimate of drug-likeness (QED) is 0.251. The molecule has 1 heterocycles. The van der Waals surface area contributed by atoms with Crippen LogP contribution in [0.5, 0.6) is 17.2 Å². The third-order valence-corrected chi connectivity index (χ3v) is 7.24. The van der Waals surface area contributed by atoms with Crippen molar-refractivity contribution < 1.29 is 39.2 Å². The summed E-state index contributed by atoms with van der Waals surface area (Å²) in [4.78, 5) is 39.9. The van der Waals surface area contributed by atoms with Crippen molar-refractivity contribution in [3.8, 4) is 17.2 Å². The first-order valence-electron chi connectivity index (χ1n) is 11.8. The molecule has 0 radical (unpaired) electrons. The van der Waals surface area contributed by atoms with Gasteiger partial charge in [0, 0.05) is 28.7 Å². The van der Waals surface area contributed by atoms with E-state index in [9.17, 15) is 29.7 Å². The lowest BCUT2D eigenvalue weighted by atomic mass is 9.76. The smallest absolute Gasteiger partial charge is 0.200 e. The van der Waals surface area contributed by atoms with Gasteiger partial charge in [0.1, 0.15) is 17.2 Å². The number of nitrogens with two attached hydrogens (primary N) is 1. The Morgan fingerprint density at radius 2 is 1.63 bits per heavy atom. The van der Waals surface area contributed by atoms with Crippen LogP contribution in [0, 0.1) is 0 Å². The fourth-order valence-electron chi connectivity index (χ4n) is 5.39. The molecule has 0 aromatic heterocycles. The fourth-order valence-corrected chi connectivity index (χ4v) is 5.39. The number of phenols is 2. The third kappa shape index (κ3) is 3.49. The molecule has 1 fully saturated rings. The van der Waals surface area contributed by atoms with E-state index >= 15 is 0 Å². The molecule has 5 N–H and O–H groups in total. The summed E-state index contributed by atoms with van der Waals surface area (Å²) in [5.41, 5.74) is 5.99. The molecule has 2 aliphatic carbocycles. The molecule has 5 rings (SSSR count). The number of hydrogen-bond acceptors (Lipinski definition) is 9. The average molecular weight is 482 g/mol. The Kier molecular flexibility index (Phi) is 5.56. The molecule has 9 heteroatoms. The van der Waals surface area contributed by atoms with Crippen LogP contribution in [-0.2, 0) is 17.6 Å². The predicted molar refractivity (Wildman–Crippen MR) is 124 cm³/mol. The summed E-state index contributed by atoms with van der Waals surface area (Å²) in [5, 5.41) is 31.9. The summed E-state index contributed by atoms with van der Waals surface area (Å²) >= 11 is 0. The van der Waals surface area contributed by atoms with Crippen LogP contribution < -0.4 is 10.5 Å². The van der Waals surface area contributed by atoms with Crippen molar-refractivity contribution in [3.63, 3.8) is 0 Å². The lowest BCUT2D eigenvalue weighted by Crippen LogP contribution is -2.39. The second kappa shape index (κ2) is 8.35. The van der Waals surface area contributed by atoms with Crippen LogP contribution in [0.25, 0.3) is 0 Å². The molecule has 2 aromatic carbocycles. The zero-order valence-electron chi connectivity index (χ0n) is 19.5. The molecule has 184 valence electrons. The number of carbonyl (C=O) groups is 3. The van der Waals surface area contributed by atoms with Crippen molar-refractivity contribution in [2.45, 2.75) is 70.9 Å². The number of anilines is 1. The van der Waals surface area contributed by atoms with Crippen molar-refractivity contribution in [1.29, 1.82) is 0 Å². The summed E-state index contributed by atoms with van der Waals surface area (Å²) in [5.74, 6) is -2.63. The second-order valence-corrected chi connectivity index (χ2v) is 9.45. The van der Waals surface area contributed by atoms with Crippen LogP contribution in [0.15, 0.2) is 6.07 Å². The Balaban J connectivity index is 1.68. The van der Waals surface area contributed by atoms with Crippen LogP contribution >= 0.6 is 0 Å². The largest absolute Gasteiger partial charge is 0.507 e. The van der Waals surface area contributed by atoms with Crippen molar-refractivity contribution in [3.05, 3.63) is 45.0 Å². The lowest BCUT2D eigenvalue weighted by molar-refractivity contribution is -0.179. The molecular formula is C26H27NO8. The number of fused-ring (bicyclic) bond motifs is 3. The first-order chi connectivity index (χ1) is 16.6. The Morgan fingerprint density at radius 1 is 1.03 bits per heavy atom. The van der Waals surface area contributed by atoms with Gasteiger partial charge in [0.05, 0.1) is 34.6 Å². The van der Waals surface area contributed by atoms with Gasteiger partial charge in [-0.05, 0) is 52.0 Å². The summed E-state index contributed by atoms with van der Waals surface area (Å²) in [7, 11) is 0. The number of aromatic hydroxyl groups is 2. The van der Waals surface area contributed by atoms with Crippen LogP contribution in [0.4, 0.5) is 5.69 Å². The second-order valence-electron chi connectivity index (χ2n) is 9.45. The number of Topliss-reactive ketones (excluding diaryl/α,β-unsaturated/α-hetero) is 1. The molecule has 0 amide bonds. The summed E-state index contributed by atoms with van der Waals surface area (Å²) in [6.07, 6.45) is 1.40. The Hall–Kier alpha value is -3.43. The third-order valence-electron chi connectivity index (χ3n) is 7.24. The van der Waals surface area contributed by atoms with Gasteiger partial charge >= 0.3 is 0 Å². The highest BCUT2D eigenvalue weighted by Crippen LogP contribution is 2.47. The van der Waals surface area contributed by atoms with Gasteiger partial charge in [0.25, 0.3) is 0 Å². The SMILES string of the molecule is CC(=O)c1c(N)c(O[C@@H]2CC[C@@H](O)[C@H](C)O2)cc2c1C(=O)c1c(O)c3c(c(O)c1C2=O)CCCC3. The number of ketones is 3. The van der Waals surface area contributed by atoms with Crippen molar-refractivity contribution in [2.24, 2.45) is 0 Å². The van der Waals surface area contributed by atoms with Gasteiger partial charge in [0.2, 0.25) is 0 Å². The maximum atomic E-state index is 13.6. The number of aliphatic hydroxyl groups is 1. The molecule has 2 aromatic rings. The number of hydrogen-bond donors (Lipinski definition) is 4. The zero-order valence-corrected chi connectivity index (χ0v) is 19.5.